The minimum absolute atomic E-state index is 0.0227. The predicted molar refractivity (Wildman–Crippen MR) is 90.3 cm³/mol. The lowest BCUT2D eigenvalue weighted by atomic mass is 9.81. The van der Waals surface area contributed by atoms with Crippen LogP contribution in [0.3, 0.4) is 0 Å². The lowest BCUT2D eigenvalue weighted by Crippen LogP contribution is -2.51. The molecule has 2 unspecified atom stereocenters. The van der Waals surface area contributed by atoms with Crippen molar-refractivity contribution in [3.63, 3.8) is 0 Å². The van der Waals surface area contributed by atoms with E-state index in [4.69, 9.17) is 4.74 Å². The molecule has 0 spiro atoms. The third kappa shape index (κ3) is 2.69. The van der Waals surface area contributed by atoms with E-state index in [1.807, 2.05) is 0 Å². The molecule has 0 amide bonds. The van der Waals surface area contributed by atoms with Crippen molar-refractivity contribution in [2.45, 2.75) is 69.6 Å². The predicted octanol–water partition coefficient (Wildman–Crippen LogP) is 3.66. The molecule has 1 saturated carbocycles. The number of ether oxygens (including phenoxy) is 1. The molecule has 1 aliphatic carbocycles. The van der Waals surface area contributed by atoms with E-state index in [1.54, 1.807) is 0 Å². The van der Waals surface area contributed by atoms with Gasteiger partial charge in [0.05, 0.1) is 5.92 Å². The van der Waals surface area contributed by atoms with E-state index >= 15 is 0 Å². The average Bonchev–Trinajstić information content (AvgIpc) is 2.72. The monoisotopic (exact) mass is 313 g/mol. The highest BCUT2D eigenvalue weighted by Crippen LogP contribution is 2.44. The number of carbonyl (C=O) groups excluding carboxylic acids is 1. The first-order chi connectivity index (χ1) is 11.1. The molecule has 2 aliphatic heterocycles. The fourth-order valence-corrected chi connectivity index (χ4v) is 4.59. The van der Waals surface area contributed by atoms with E-state index in [1.165, 1.54) is 24.0 Å². The number of rotatable bonds is 3. The van der Waals surface area contributed by atoms with Crippen molar-refractivity contribution in [3.05, 3.63) is 35.4 Å². The Balaban J connectivity index is 1.59. The molecule has 2 saturated heterocycles. The standard InChI is InChI=1S/C20H27NO2/c1-13-6-8-14(9-7-13)17-12-16-10-11-18(21(16)2)19(17)23-20(22)15-4-3-5-15/h6-9,15-19H,3-5,10-12H2,1-2H3/t16?,17-,18?,19+/m1/s1. The normalized spacial score (nSPS) is 34.2. The third-order valence-corrected chi connectivity index (χ3v) is 6.39. The van der Waals surface area contributed by atoms with E-state index < -0.39 is 0 Å². The van der Waals surface area contributed by atoms with Crippen LogP contribution >= 0.6 is 0 Å². The Morgan fingerprint density at radius 2 is 1.87 bits per heavy atom. The quantitative estimate of drug-likeness (QED) is 0.798. The molecule has 1 aromatic rings. The first kappa shape index (κ1) is 15.2. The van der Waals surface area contributed by atoms with Crippen LogP contribution < -0.4 is 0 Å². The van der Waals surface area contributed by atoms with Crippen molar-refractivity contribution in [1.29, 1.82) is 0 Å². The molecule has 0 radical (unpaired) electrons. The average molecular weight is 313 g/mol. The van der Waals surface area contributed by atoms with Crippen molar-refractivity contribution >= 4 is 5.97 Å². The number of esters is 1. The Morgan fingerprint density at radius 3 is 2.52 bits per heavy atom. The van der Waals surface area contributed by atoms with Crippen LogP contribution in [0.4, 0.5) is 0 Å². The molecule has 3 aliphatic rings. The van der Waals surface area contributed by atoms with Gasteiger partial charge in [-0.1, -0.05) is 36.2 Å². The summed E-state index contributed by atoms with van der Waals surface area (Å²) in [5.74, 6) is 0.573. The number of carbonyl (C=O) groups is 1. The Hall–Kier alpha value is -1.35. The van der Waals surface area contributed by atoms with Crippen molar-refractivity contribution in [3.8, 4) is 0 Å². The number of likely N-dealkylation sites (N-methyl/N-ethyl adjacent to an activating group) is 1. The largest absolute Gasteiger partial charge is 0.460 e. The highest BCUT2D eigenvalue weighted by molar-refractivity contribution is 5.73. The third-order valence-electron chi connectivity index (χ3n) is 6.39. The number of fused-ring (bicyclic) bond motifs is 2. The van der Waals surface area contributed by atoms with Gasteiger partial charge in [-0.25, -0.2) is 0 Å². The van der Waals surface area contributed by atoms with E-state index in [2.05, 4.69) is 43.1 Å². The van der Waals surface area contributed by atoms with Gasteiger partial charge in [-0.3, -0.25) is 9.69 Å². The van der Waals surface area contributed by atoms with Gasteiger partial charge in [-0.15, -0.1) is 0 Å². The number of hydrogen-bond acceptors (Lipinski definition) is 3. The van der Waals surface area contributed by atoms with Gasteiger partial charge in [-0.2, -0.15) is 0 Å². The molecule has 23 heavy (non-hydrogen) atoms. The summed E-state index contributed by atoms with van der Waals surface area (Å²) in [7, 11) is 2.21. The minimum atomic E-state index is 0.0227. The van der Waals surface area contributed by atoms with E-state index in [0.717, 1.165) is 25.7 Å². The van der Waals surface area contributed by atoms with E-state index in [9.17, 15) is 4.79 Å². The highest BCUT2D eigenvalue weighted by Gasteiger charge is 2.48. The zero-order valence-electron chi connectivity index (χ0n) is 14.2. The number of aryl methyl sites for hydroxylation is 1. The second-order valence-corrected chi connectivity index (χ2v) is 7.75. The minimum Gasteiger partial charge on any atom is -0.460 e. The van der Waals surface area contributed by atoms with Gasteiger partial charge in [0.15, 0.2) is 0 Å². The fourth-order valence-electron chi connectivity index (χ4n) is 4.59. The maximum absolute atomic E-state index is 12.5. The van der Waals surface area contributed by atoms with Crippen LogP contribution in [0.2, 0.25) is 0 Å². The summed E-state index contributed by atoms with van der Waals surface area (Å²) < 4.78 is 6.11. The zero-order chi connectivity index (χ0) is 16.0. The molecule has 2 heterocycles. The summed E-state index contributed by atoms with van der Waals surface area (Å²) >= 11 is 0. The highest BCUT2D eigenvalue weighted by atomic mass is 16.5. The molecule has 0 N–H and O–H groups in total. The molecule has 1 aromatic carbocycles. The summed E-state index contributed by atoms with van der Waals surface area (Å²) in [6.45, 7) is 2.12. The van der Waals surface area contributed by atoms with E-state index in [-0.39, 0.29) is 18.0 Å². The SMILES string of the molecule is Cc1ccc([C@H]2CC3CCC([C@H]2OC(=O)C2CCC2)N3C)cc1. The van der Waals surface area contributed by atoms with Gasteiger partial charge in [0, 0.05) is 18.0 Å². The molecule has 124 valence electrons. The molecule has 3 fully saturated rings. The summed E-state index contributed by atoms with van der Waals surface area (Å²) in [5, 5.41) is 0. The maximum Gasteiger partial charge on any atom is 0.309 e. The van der Waals surface area contributed by atoms with Gasteiger partial charge >= 0.3 is 5.97 Å². The summed E-state index contributed by atoms with van der Waals surface area (Å²) in [4.78, 5) is 14.9. The Bertz CT molecular complexity index is 578. The lowest BCUT2D eigenvalue weighted by Gasteiger charge is -2.43. The second kappa shape index (κ2) is 5.94. The van der Waals surface area contributed by atoms with Crippen LogP contribution in [0.25, 0.3) is 0 Å². The molecule has 3 nitrogen and oxygen atoms in total. The van der Waals surface area contributed by atoms with Crippen molar-refractivity contribution in [2.75, 3.05) is 7.05 Å². The van der Waals surface area contributed by atoms with Crippen LogP contribution in [0, 0.1) is 12.8 Å². The maximum atomic E-state index is 12.5. The smallest absolute Gasteiger partial charge is 0.309 e. The van der Waals surface area contributed by atoms with Gasteiger partial charge in [0.2, 0.25) is 0 Å². The van der Waals surface area contributed by atoms with Crippen LogP contribution in [-0.4, -0.2) is 36.1 Å². The molecule has 4 rings (SSSR count). The summed E-state index contributed by atoms with van der Waals surface area (Å²) in [6, 6.07) is 9.86. The van der Waals surface area contributed by atoms with Gasteiger partial charge in [-0.05, 0) is 51.6 Å². The molecule has 4 atom stereocenters. The van der Waals surface area contributed by atoms with Crippen molar-refractivity contribution in [1.82, 2.24) is 4.90 Å². The molecule has 3 heteroatoms. The fraction of sp³-hybridized carbons (Fsp3) is 0.650. The van der Waals surface area contributed by atoms with Gasteiger partial charge < -0.3 is 4.74 Å². The van der Waals surface area contributed by atoms with E-state index in [0.29, 0.717) is 18.0 Å². The Morgan fingerprint density at radius 1 is 1.13 bits per heavy atom. The first-order valence-electron chi connectivity index (χ1n) is 9.12. The van der Waals surface area contributed by atoms with Crippen molar-refractivity contribution < 1.29 is 9.53 Å². The molecular formula is C20H27NO2. The number of benzene rings is 1. The van der Waals surface area contributed by atoms with Crippen molar-refractivity contribution in [2.24, 2.45) is 5.92 Å². The van der Waals surface area contributed by atoms with Crippen LogP contribution in [0.15, 0.2) is 24.3 Å². The van der Waals surface area contributed by atoms with Crippen LogP contribution in [-0.2, 0) is 9.53 Å². The Kier molecular flexibility index (Phi) is 3.92. The molecular weight excluding hydrogens is 286 g/mol. The zero-order valence-corrected chi connectivity index (χ0v) is 14.2. The lowest BCUT2D eigenvalue weighted by molar-refractivity contribution is -0.164. The topological polar surface area (TPSA) is 29.5 Å². The Labute approximate surface area is 139 Å². The number of nitrogens with zero attached hydrogens (tertiary/aromatic N) is 1. The summed E-state index contributed by atoms with van der Waals surface area (Å²) in [6.07, 6.45) is 6.74. The number of hydrogen-bond donors (Lipinski definition) is 0. The molecule has 2 bridgehead atoms. The summed E-state index contributed by atoms with van der Waals surface area (Å²) in [5.41, 5.74) is 2.62. The van der Waals surface area contributed by atoms with Crippen LogP contribution in [0.5, 0.6) is 0 Å². The second-order valence-electron chi connectivity index (χ2n) is 7.75. The van der Waals surface area contributed by atoms with Crippen LogP contribution in [0.1, 0.15) is 55.6 Å². The number of piperidine rings is 1. The molecule has 0 aromatic heterocycles. The first-order valence-corrected chi connectivity index (χ1v) is 9.12. The van der Waals surface area contributed by atoms with Gasteiger partial charge in [0.1, 0.15) is 6.10 Å². The van der Waals surface area contributed by atoms with Gasteiger partial charge in [0.25, 0.3) is 0 Å².